The van der Waals surface area contributed by atoms with Crippen LogP contribution in [0.1, 0.15) is 0 Å². The molecule has 8 nitrogen and oxygen atoms in total. The van der Waals surface area contributed by atoms with Gasteiger partial charge in [0.15, 0.2) is 0 Å². The van der Waals surface area contributed by atoms with E-state index in [-0.39, 0.29) is 33.2 Å². The molecule has 1 aromatic carbocycles. The summed E-state index contributed by atoms with van der Waals surface area (Å²) in [6.07, 6.45) is 0. The number of halogens is 2. The van der Waals surface area contributed by atoms with Gasteiger partial charge in [-0.1, -0.05) is 23.2 Å². The van der Waals surface area contributed by atoms with Gasteiger partial charge in [-0.15, -0.1) is 0 Å². The van der Waals surface area contributed by atoms with Gasteiger partial charge in [0.1, 0.15) is 15.9 Å². The van der Waals surface area contributed by atoms with E-state index in [1.54, 1.807) is 0 Å². The molecule has 1 aromatic heterocycles. The van der Waals surface area contributed by atoms with E-state index in [1.807, 2.05) is 0 Å². The highest BCUT2D eigenvalue weighted by molar-refractivity contribution is 6.32. The van der Waals surface area contributed by atoms with Crippen LogP contribution in [0.2, 0.25) is 10.2 Å². The van der Waals surface area contributed by atoms with E-state index >= 15 is 0 Å². The minimum absolute atomic E-state index is 0.118. The summed E-state index contributed by atoms with van der Waals surface area (Å²) in [6, 6.07) is 5.78. The van der Waals surface area contributed by atoms with Crippen molar-refractivity contribution in [1.29, 1.82) is 0 Å². The summed E-state index contributed by atoms with van der Waals surface area (Å²) in [6.45, 7) is 0. The van der Waals surface area contributed by atoms with E-state index in [0.29, 0.717) is 0 Å². The molecule has 0 bridgehead atoms. The molecule has 0 spiro atoms. The number of nitro groups is 2. The lowest BCUT2D eigenvalue weighted by atomic mass is 10.3. The van der Waals surface area contributed by atoms with Crippen molar-refractivity contribution in [3.63, 3.8) is 0 Å². The Morgan fingerprint density at radius 1 is 1.05 bits per heavy atom. The second-order valence-electron chi connectivity index (χ2n) is 3.72. The molecular weight excluding hydrogens is 325 g/mol. The topological polar surface area (TPSA) is 108 Å². The Kier molecular flexibility index (Phi) is 4.20. The van der Waals surface area contributed by atoms with Gasteiger partial charge in [-0.25, -0.2) is 4.98 Å². The summed E-state index contributed by atoms with van der Waals surface area (Å²) in [7, 11) is 0. The first-order valence-corrected chi connectivity index (χ1v) is 6.06. The van der Waals surface area contributed by atoms with Gasteiger partial charge < -0.3 is 4.74 Å². The highest BCUT2D eigenvalue weighted by atomic mass is 35.5. The predicted octanol–water partition coefficient (Wildman–Crippen LogP) is 4.00. The molecule has 0 aliphatic heterocycles. The molecule has 0 amide bonds. The molecule has 0 aliphatic carbocycles. The standard InChI is InChI=1S/C11H5Cl2N3O5/c12-8-5-7(1-2-9(8)16(19)20)21-11-4-6(15(17)18)3-10(13)14-11/h1-5H. The van der Waals surface area contributed by atoms with Crippen molar-refractivity contribution in [3.8, 4) is 11.6 Å². The monoisotopic (exact) mass is 329 g/mol. The van der Waals surface area contributed by atoms with Crippen molar-refractivity contribution < 1.29 is 14.6 Å². The fraction of sp³-hybridized carbons (Fsp3) is 0. The molecule has 0 saturated heterocycles. The molecule has 10 heteroatoms. The van der Waals surface area contributed by atoms with Crippen molar-refractivity contribution in [2.75, 3.05) is 0 Å². The van der Waals surface area contributed by atoms with Gasteiger partial charge in [0.25, 0.3) is 11.4 Å². The van der Waals surface area contributed by atoms with Crippen LogP contribution in [0.5, 0.6) is 11.6 Å². The lowest BCUT2D eigenvalue weighted by Crippen LogP contribution is -1.94. The molecule has 0 saturated carbocycles. The third kappa shape index (κ3) is 3.56. The summed E-state index contributed by atoms with van der Waals surface area (Å²) < 4.78 is 5.26. The molecule has 0 atom stereocenters. The maximum Gasteiger partial charge on any atom is 0.288 e. The van der Waals surface area contributed by atoms with E-state index in [0.717, 1.165) is 18.2 Å². The van der Waals surface area contributed by atoms with E-state index in [4.69, 9.17) is 27.9 Å². The number of nitro benzene ring substituents is 1. The summed E-state index contributed by atoms with van der Waals surface area (Å²) in [5.41, 5.74) is -0.577. The van der Waals surface area contributed by atoms with Gasteiger partial charge in [0.05, 0.1) is 22.0 Å². The zero-order valence-electron chi connectivity index (χ0n) is 10.0. The van der Waals surface area contributed by atoms with Gasteiger partial charge in [-0.05, 0) is 6.07 Å². The van der Waals surface area contributed by atoms with E-state index in [9.17, 15) is 20.2 Å². The number of hydrogen-bond acceptors (Lipinski definition) is 6. The number of nitrogens with zero attached hydrogens (tertiary/aromatic N) is 3. The molecule has 2 rings (SSSR count). The van der Waals surface area contributed by atoms with Crippen molar-refractivity contribution in [2.24, 2.45) is 0 Å². The summed E-state index contributed by atoms with van der Waals surface area (Å²) >= 11 is 11.4. The molecule has 108 valence electrons. The number of aromatic nitrogens is 1. The normalized spacial score (nSPS) is 10.2. The molecule has 1 heterocycles. The molecular formula is C11H5Cl2N3O5. The van der Waals surface area contributed by atoms with E-state index in [1.165, 1.54) is 12.1 Å². The van der Waals surface area contributed by atoms with Crippen LogP contribution in [0, 0.1) is 20.2 Å². The van der Waals surface area contributed by atoms with Crippen LogP contribution in [0.25, 0.3) is 0 Å². The van der Waals surface area contributed by atoms with Gasteiger partial charge in [0, 0.05) is 12.1 Å². The number of pyridine rings is 1. The Morgan fingerprint density at radius 2 is 1.76 bits per heavy atom. The molecule has 0 radical (unpaired) electrons. The van der Waals surface area contributed by atoms with Gasteiger partial charge in [-0.3, -0.25) is 20.2 Å². The largest absolute Gasteiger partial charge is 0.439 e. The Morgan fingerprint density at radius 3 is 2.33 bits per heavy atom. The molecule has 0 fully saturated rings. The quantitative estimate of drug-likeness (QED) is 0.476. The zero-order chi connectivity index (χ0) is 15.6. The van der Waals surface area contributed by atoms with Crippen LogP contribution < -0.4 is 4.74 Å². The van der Waals surface area contributed by atoms with Crippen LogP contribution in [-0.2, 0) is 0 Å². The van der Waals surface area contributed by atoms with Crippen LogP contribution in [0.4, 0.5) is 11.4 Å². The predicted molar refractivity (Wildman–Crippen MR) is 74.1 cm³/mol. The molecule has 0 N–H and O–H groups in total. The Balaban J connectivity index is 2.32. The Bertz CT molecular complexity index is 738. The fourth-order valence-corrected chi connectivity index (χ4v) is 1.87. The number of rotatable bonds is 4. The summed E-state index contributed by atoms with van der Waals surface area (Å²) in [5, 5.41) is 21.1. The average Bonchev–Trinajstić information content (AvgIpc) is 2.37. The van der Waals surface area contributed by atoms with Crippen molar-refractivity contribution in [1.82, 2.24) is 4.98 Å². The van der Waals surface area contributed by atoms with E-state index in [2.05, 4.69) is 4.98 Å². The first-order valence-electron chi connectivity index (χ1n) is 5.30. The van der Waals surface area contributed by atoms with Crippen LogP contribution in [-0.4, -0.2) is 14.8 Å². The Labute approximate surface area is 127 Å². The zero-order valence-corrected chi connectivity index (χ0v) is 11.5. The fourth-order valence-electron chi connectivity index (χ4n) is 1.44. The van der Waals surface area contributed by atoms with Crippen LogP contribution >= 0.6 is 23.2 Å². The van der Waals surface area contributed by atoms with Gasteiger partial charge >= 0.3 is 0 Å². The van der Waals surface area contributed by atoms with E-state index < -0.39 is 9.85 Å². The maximum atomic E-state index is 10.7. The minimum Gasteiger partial charge on any atom is -0.439 e. The molecule has 2 aromatic rings. The third-order valence-corrected chi connectivity index (χ3v) is 2.80. The highest BCUT2D eigenvalue weighted by Gasteiger charge is 2.15. The highest BCUT2D eigenvalue weighted by Crippen LogP contribution is 2.31. The van der Waals surface area contributed by atoms with Gasteiger partial charge in [0.2, 0.25) is 5.88 Å². The smallest absolute Gasteiger partial charge is 0.288 e. The second kappa shape index (κ2) is 5.90. The third-order valence-electron chi connectivity index (χ3n) is 2.30. The summed E-state index contributed by atoms with van der Waals surface area (Å²) in [5.74, 6) is 0.00813. The molecule has 0 unspecified atom stereocenters. The number of hydrogen-bond donors (Lipinski definition) is 0. The first-order chi connectivity index (χ1) is 9.86. The minimum atomic E-state index is -0.650. The van der Waals surface area contributed by atoms with Gasteiger partial charge in [-0.2, -0.15) is 0 Å². The first kappa shape index (κ1) is 14.9. The second-order valence-corrected chi connectivity index (χ2v) is 4.51. The molecule has 21 heavy (non-hydrogen) atoms. The lowest BCUT2D eigenvalue weighted by molar-refractivity contribution is -0.385. The Hall–Kier alpha value is -2.45. The number of ether oxygens (including phenoxy) is 1. The SMILES string of the molecule is O=[N+]([O-])c1cc(Cl)nc(Oc2ccc([N+](=O)[O-])c(Cl)c2)c1. The van der Waals surface area contributed by atoms with Crippen molar-refractivity contribution in [2.45, 2.75) is 0 Å². The number of benzene rings is 1. The average molecular weight is 330 g/mol. The molecule has 0 aliphatic rings. The summed E-state index contributed by atoms with van der Waals surface area (Å²) in [4.78, 5) is 23.8. The van der Waals surface area contributed by atoms with Crippen LogP contribution in [0.3, 0.4) is 0 Å². The van der Waals surface area contributed by atoms with Crippen molar-refractivity contribution in [3.05, 3.63) is 60.7 Å². The lowest BCUT2D eigenvalue weighted by Gasteiger charge is -2.05. The van der Waals surface area contributed by atoms with Crippen molar-refractivity contribution >= 4 is 34.6 Å². The van der Waals surface area contributed by atoms with Crippen LogP contribution in [0.15, 0.2) is 30.3 Å². The maximum absolute atomic E-state index is 10.7.